The lowest BCUT2D eigenvalue weighted by atomic mass is 10.2. The second-order valence-corrected chi connectivity index (χ2v) is 6.27. The summed E-state index contributed by atoms with van der Waals surface area (Å²) in [5.41, 5.74) is 4.10. The Hall–Kier alpha value is -2.82. The third kappa shape index (κ3) is 4.18. The van der Waals surface area contributed by atoms with Crippen molar-refractivity contribution in [2.24, 2.45) is 0 Å². The number of nitrogens with zero attached hydrogens (tertiary/aromatic N) is 3. The molecule has 0 saturated carbocycles. The average Bonchev–Trinajstić information content (AvgIpc) is 3.23. The molecule has 0 saturated heterocycles. The van der Waals surface area contributed by atoms with E-state index < -0.39 is 0 Å². The number of nitrogens with one attached hydrogen (secondary N) is 1. The van der Waals surface area contributed by atoms with Gasteiger partial charge in [-0.25, -0.2) is 4.98 Å². The molecule has 1 amide bonds. The number of carbonyl (C=O) groups is 1. The summed E-state index contributed by atoms with van der Waals surface area (Å²) in [6.07, 6.45) is 6.36. The molecule has 0 aliphatic rings. The highest BCUT2D eigenvalue weighted by molar-refractivity contribution is 5.95. The van der Waals surface area contributed by atoms with Gasteiger partial charge in [-0.15, -0.1) is 0 Å². The highest BCUT2D eigenvalue weighted by Crippen LogP contribution is 2.17. The first-order valence-corrected chi connectivity index (χ1v) is 8.60. The van der Waals surface area contributed by atoms with Gasteiger partial charge in [-0.3, -0.25) is 4.79 Å². The van der Waals surface area contributed by atoms with Crippen molar-refractivity contribution in [2.45, 2.75) is 33.4 Å². The Morgan fingerprint density at radius 2 is 2.00 bits per heavy atom. The van der Waals surface area contributed by atoms with Crippen molar-refractivity contribution in [1.29, 1.82) is 0 Å². The minimum absolute atomic E-state index is 0.00181. The van der Waals surface area contributed by atoms with E-state index in [-0.39, 0.29) is 5.91 Å². The number of aromatic nitrogens is 3. The van der Waals surface area contributed by atoms with Crippen LogP contribution in [0.4, 0.5) is 0 Å². The number of rotatable bonds is 7. The molecule has 0 aliphatic heterocycles. The van der Waals surface area contributed by atoms with Gasteiger partial charge in [0.1, 0.15) is 0 Å². The number of hydrogen-bond donors (Lipinski definition) is 1. The lowest BCUT2D eigenvalue weighted by Crippen LogP contribution is -2.25. The first-order chi connectivity index (χ1) is 12.1. The van der Waals surface area contributed by atoms with E-state index in [9.17, 15) is 4.79 Å². The lowest BCUT2D eigenvalue weighted by molar-refractivity contribution is 0.0952. The van der Waals surface area contributed by atoms with Crippen LogP contribution in [0.3, 0.4) is 0 Å². The Bertz CT molecular complexity index is 819. The molecule has 130 valence electrons. The van der Waals surface area contributed by atoms with E-state index in [1.165, 1.54) is 5.56 Å². The number of benzene rings is 1. The zero-order valence-corrected chi connectivity index (χ0v) is 14.8. The Balaban J connectivity index is 1.60. The Kier molecular flexibility index (Phi) is 5.33. The summed E-state index contributed by atoms with van der Waals surface area (Å²) < 4.78 is 4.20. The van der Waals surface area contributed by atoms with E-state index in [0.29, 0.717) is 6.54 Å². The van der Waals surface area contributed by atoms with Gasteiger partial charge in [-0.05, 0) is 31.9 Å². The minimum atomic E-state index is -0.00181. The van der Waals surface area contributed by atoms with Gasteiger partial charge >= 0.3 is 0 Å². The molecule has 0 fully saturated rings. The molecule has 5 nitrogen and oxygen atoms in total. The predicted molar refractivity (Wildman–Crippen MR) is 98.6 cm³/mol. The molecule has 1 aromatic carbocycles. The van der Waals surface area contributed by atoms with Crippen molar-refractivity contribution >= 4 is 5.91 Å². The second-order valence-electron chi connectivity index (χ2n) is 6.27. The first kappa shape index (κ1) is 17.0. The topological polar surface area (TPSA) is 51.9 Å². The van der Waals surface area contributed by atoms with E-state index >= 15 is 0 Å². The summed E-state index contributed by atoms with van der Waals surface area (Å²) in [5, 5.41) is 3.02. The fourth-order valence-corrected chi connectivity index (χ4v) is 3.02. The van der Waals surface area contributed by atoms with E-state index in [4.69, 9.17) is 0 Å². The number of aryl methyl sites for hydroxylation is 2. The molecule has 0 unspecified atom stereocenters. The quantitative estimate of drug-likeness (QED) is 0.674. The molecular weight excluding hydrogens is 312 g/mol. The van der Waals surface area contributed by atoms with Crippen LogP contribution in [0.2, 0.25) is 0 Å². The molecule has 0 atom stereocenters. The zero-order chi connectivity index (χ0) is 17.6. The number of amides is 1. The highest BCUT2D eigenvalue weighted by Gasteiger charge is 2.15. The summed E-state index contributed by atoms with van der Waals surface area (Å²) in [5.74, 6) is -0.00181. The molecule has 0 spiro atoms. The summed E-state index contributed by atoms with van der Waals surface area (Å²) in [4.78, 5) is 16.5. The van der Waals surface area contributed by atoms with Gasteiger partial charge in [0.05, 0.1) is 11.9 Å². The molecular formula is C20H24N4O. The maximum atomic E-state index is 12.5. The molecule has 0 radical (unpaired) electrons. The summed E-state index contributed by atoms with van der Waals surface area (Å²) >= 11 is 0. The van der Waals surface area contributed by atoms with Crippen LogP contribution in [-0.2, 0) is 13.1 Å². The Morgan fingerprint density at radius 3 is 2.72 bits per heavy atom. The van der Waals surface area contributed by atoms with E-state index in [1.807, 2.05) is 48.9 Å². The fraction of sp³-hybridized carbons (Fsp3) is 0.300. The summed E-state index contributed by atoms with van der Waals surface area (Å²) in [7, 11) is 0. The smallest absolute Gasteiger partial charge is 0.253 e. The summed E-state index contributed by atoms with van der Waals surface area (Å²) in [6, 6.07) is 12.3. The molecule has 3 rings (SSSR count). The van der Waals surface area contributed by atoms with E-state index in [1.54, 1.807) is 12.5 Å². The largest absolute Gasteiger partial charge is 0.352 e. The summed E-state index contributed by atoms with van der Waals surface area (Å²) in [6.45, 7) is 6.35. The monoisotopic (exact) mass is 336 g/mol. The number of hydrogen-bond acceptors (Lipinski definition) is 2. The van der Waals surface area contributed by atoms with Crippen LogP contribution in [0.5, 0.6) is 0 Å². The van der Waals surface area contributed by atoms with Gasteiger partial charge in [0, 0.05) is 43.4 Å². The molecule has 5 heteroatoms. The lowest BCUT2D eigenvalue weighted by Gasteiger charge is -2.10. The van der Waals surface area contributed by atoms with Crippen LogP contribution in [0.1, 0.15) is 33.7 Å². The predicted octanol–water partition coefficient (Wildman–Crippen LogP) is 3.17. The second kappa shape index (κ2) is 7.83. The average molecular weight is 336 g/mol. The van der Waals surface area contributed by atoms with Gasteiger partial charge in [0.25, 0.3) is 5.91 Å². The third-order valence-corrected chi connectivity index (χ3v) is 4.44. The number of imidazole rings is 1. The van der Waals surface area contributed by atoms with E-state index in [2.05, 4.69) is 27.0 Å². The van der Waals surface area contributed by atoms with Gasteiger partial charge in [-0.1, -0.05) is 30.3 Å². The maximum absolute atomic E-state index is 12.5. The molecule has 2 aromatic heterocycles. The van der Waals surface area contributed by atoms with Gasteiger partial charge in [-0.2, -0.15) is 0 Å². The van der Waals surface area contributed by atoms with Crippen molar-refractivity contribution < 1.29 is 4.79 Å². The fourth-order valence-electron chi connectivity index (χ4n) is 3.02. The van der Waals surface area contributed by atoms with Crippen LogP contribution in [-0.4, -0.2) is 26.6 Å². The molecule has 0 aliphatic carbocycles. The van der Waals surface area contributed by atoms with Crippen LogP contribution in [0, 0.1) is 13.8 Å². The highest BCUT2D eigenvalue weighted by atomic mass is 16.1. The Morgan fingerprint density at radius 1 is 1.20 bits per heavy atom. The van der Waals surface area contributed by atoms with Crippen molar-refractivity contribution in [3.8, 4) is 0 Å². The normalized spacial score (nSPS) is 10.8. The standard InChI is InChI=1S/C20H24N4O/c1-16-13-19(17(2)24(16)14-18-7-4-3-5-8-18)20(25)22-9-6-11-23-12-10-21-15-23/h3-5,7-8,10,12-13,15H,6,9,11,14H2,1-2H3,(H,22,25). The third-order valence-electron chi connectivity index (χ3n) is 4.44. The SMILES string of the molecule is Cc1cc(C(=O)NCCCn2ccnc2)c(C)n1Cc1ccccc1. The van der Waals surface area contributed by atoms with Crippen LogP contribution >= 0.6 is 0 Å². The van der Waals surface area contributed by atoms with Crippen LogP contribution in [0.15, 0.2) is 55.1 Å². The maximum Gasteiger partial charge on any atom is 0.253 e. The van der Waals surface area contributed by atoms with Gasteiger partial charge < -0.3 is 14.5 Å². The van der Waals surface area contributed by atoms with Crippen molar-refractivity contribution in [3.05, 3.63) is 77.6 Å². The first-order valence-electron chi connectivity index (χ1n) is 8.60. The van der Waals surface area contributed by atoms with Gasteiger partial charge in [0.15, 0.2) is 0 Å². The van der Waals surface area contributed by atoms with Crippen molar-refractivity contribution in [1.82, 2.24) is 19.4 Å². The molecule has 3 aromatic rings. The molecule has 25 heavy (non-hydrogen) atoms. The van der Waals surface area contributed by atoms with E-state index in [0.717, 1.165) is 36.5 Å². The molecule has 1 N–H and O–H groups in total. The van der Waals surface area contributed by atoms with Crippen LogP contribution in [0.25, 0.3) is 0 Å². The molecule has 0 bridgehead atoms. The van der Waals surface area contributed by atoms with Crippen molar-refractivity contribution in [2.75, 3.05) is 6.54 Å². The van der Waals surface area contributed by atoms with Crippen LogP contribution < -0.4 is 5.32 Å². The van der Waals surface area contributed by atoms with Gasteiger partial charge in [0.2, 0.25) is 0 Å². The number of carbonyl (C=O) groups excluding carboxylic acids is 1. The zero-order valence-electron chi connectivity index (χ0n) is 14.8. The molecule has 2 heterocycles. The van der Waals surface area contributed by atoms with Crippen molar-refractivity contribution in [3.63, 3.8) is 0 Å². The Labute approximate surface area is 148 Å². The minimum Gasteiger partial charge on any atom is -0.352 e.